The summed E-state index contributed by atoms with van der Waals surface area (Å²) in [5, 5.41) is 6.40. The van der Waals surface area contributed by atoms with Gasteiger partial charge in [-0.05, 0) is 50.8 Å². The van der Waals surface area contributed by atoms with Crippen molar-refractivity contribution in [3.63, 3.8) is 0 Å². The number of benzene rings is 1. The standard InChI is InChI=1S/C19H23ClN4O2/c1-12(2)22-19(26)17-23-16(15-5-3-4-10-24(15)17)18(25)21-11-13-6-8-14(20)9-7-13/h6-9,12H,3-5,10-11H2,1-2H3,(H,21,25)(H,22,26). The number of rotatable bonds is 5. The summed E-state index contributed by atoms with van der Waals surface area (Å²) in [5.41, 5.74) is 2.15. The molecule has 0 saturated carbocycles. The fourth-order valence-electron chi connectivity index (χ4n) is 3.09. The Kier molecular flexibility index (Phi) is 5.61. The van der Waals surface area contributed by atoms with Gasteiger partial charge in [0.2, 0.25) is 0 Å². The van der Waals surface area contributed by atoms with E-state index < -0.39 is 0 Å². The lowest BCUT2D eigenvalue weighted by Gasteiger charge is -2.17. The van der Waals surface area contributed by atoms with Crippen LogP contribution in [0.4, 0.5) is 0 Å². The molecule has 1 aliphatic heterocycles. The van der Waals surface area contributed by atoms with E-state index in [1.165, 1.54) is 0 Å². The van der Waals surface area contributed by atoms with E-state index in [4.69, 9.17) is 11.6 Å². The first-order chi connectivity index (χ1) is 12.5. The van der Waals surface area contributed by atoms with Gasteiger partial charge in [-0.25, -0.2) is 4.98 Å². The van der Waals surface area contributed by atoms with E-state index in [1.54, 1.807) is 12.1 Å². The van der Waals surface area contributed by atoms with Gasteiger partial charge < -0.3 is 15.2 Å². The molecule has 2 N–H and O–H groups in total. The molecule has 2 heterocycles. The van der Waals surface area contributed by atoms with Gasteiger partial charge in [-0.3, -0.25) is 9.59 Å². The zero-order chi connectivity index (χ0) is 18.7. The van der Waals surface area contributed by atoms with Gasteiger partial charge in [0.15, 0.2) is 5.82 Å². The smallest absolute Gasteiger partial charge is 0.287 e. The number of hydrogen-bond acceptors (Lipinski definition) is 3. The van der Waals surface area contributed by atoms with Crippen LogP contribution in [0.2, 0.25) is 5.02 Å². The minimum absolute atomic E-state index is 0.0150. The second-order valence-corrected chi connectivity index (χ2v) is 7.21. The molecular formula is C19H23ClN4O2. The van der Waals surface area contributed by atoms with E-state index in [1.807, 2.05) is 30.5 Å². The summed E-state index contributed by atoms with van der Waals surface area (Å²) >= 11 is 5.88. The summed E-state index contributed by atoms with van der Waals surface area (Å²) in [4.78, 5) is 29.5. The van der Waals surface area contributed by atoms with Crippen LogP contribution >= 0.6 is 11.6 Å². The molecule has 0 aliphatic carbocycles. The van der Waals surface area contributed by atoms with Gasteiger partial charge in [-0.2, -0.15) is 0 Å². The Morgan fingerprint density at radius 2 is 1.92 bits per heavy atom. The fraction of sp³-hybridized carbons (Fsp3) is 0.421. The highest BCUT2D eigenvalue weighted by Gasteiger charge is 2.27. The molecule has 2 aromatic rings. The van der Waals surface area contributed by atoms with Crippen molar-refractivity contribution in [3.8, 4) is 0 Å². The molecule has 1 aliphatic rings. The zero-order valence-electron chi connectivity index (χ0n) is 15.0. The number of imidazole rings is 1. The lowest BCUT2D eigenvalue weighted by Crippen LogP contribution is -2.33. The number of amides is 2. The number of carbonyl (C=O) groups excluding carboxylic acids is 2. The average molecular weight is 375 g/mol. The van der Waals surface area contributed by atoms with Crippen molar-refractivity contribution in [2.24, 2.45) is 0 Å². The highest BCUT2D eigenvalue weighted by molar-refractivity contribution is 6.30. The predicted octanol–water partition coefficient (Wildman–Crippen LogP) is 2.94. The molecule has 138 valence electrons. The Morgan fingerprint density at radius 3 is 2.62 bits per heavy atom. The van der Waals surface area contributed by atoms with Crippen LogP contribution in [0, 0.1) is 0 Å². The molecule has 0 atom stereocenters. The molecule has 6 nitrogen and oxygen atoms in total. The van der Waals surface area contributed by atoms with Gasteiger partial charge in [-0.15, -0.1) is 0 Å². The van der Waals surface area contributed by atoms with Gasteiger partial charge in [0.1, 0.15) is 5.69 Å². The third-order valence-electron chi connectivity index (χ3n) is 4.32. The van der Waals surface area contributed by atoms with E-state index in [2.05, 4.69) is 15.6 Å². The van der Waals surface area contributed by atoms with Crippen LogP contribution in [0.25, 0.3) is 0 Å². The van der Waals surface area contributed by atoms with E-state index in [-0.39, 0.29) is 17.9 Å². The number of fused-ring (bicyclic) bond motifs is 1. The van der Waals surface area contributed by atoms with Crippen molar-refractivity contribution in [1.29, 1.82) is 0 Å². The van der Waals surface area contributed by atoms with Crippen LogP contribution in [-0.2, 0) is 19.5 Å². The molecule has 26 heavy (non-hydrogen) atoms. The minimum Gasteiger partial charge on any atom is -0.347 e. The second kappa shape index (κ2) is 7.91. The molecule has 7 heteroatoms. The molecule has 1 aromatic heterocycles. The van der Waals surface area contributed by atoms with Crippen molar-refractivity contribution >= 4 is 23.4 Å². The fourth-order valence-corrected chi connectivity index (χ4v) is 3.22. The highest BCUT2D eigenvalue weighted by Crippen LogP contribution is 2.21. The Labute approximate surface area is 157 Å². The van der Waals surface area contributed by atoms with Gasteiger partial charge in [0, 0.05) is 24.2 Å². The lowest BCUT2D eigenvalue weighted by molar-refractivity contribution is 0.0927. The maximum absolute atomic E-state index is 12.7. The summed E-state index contributed by atoms with van der Waals surface area (Å²) < 4.78 is 1.89. The third-order valence-corrected chi connectivity index (χ3v) is 4.57. The SMILES string of the molecule is CC(C)NC(=O)c1nc(C(=O)NCc2ccc(Cl)cc2)c2n1CCCC2. The number of nitrogens with zero attached hydrogens (tertiary/aromatic N) is 2. The van der Waals surface area contributed by atoms with Gasteiger partial charge in [0.05, 0.1) is 5.69 Å². The van der Waals surface area contributed by atoms with Crippen molar-refractivity contribution in [2.45, 2.75) is 52.2 Å². The summed E-state index contributed by atoms with van der Waals surface area (Å²) in [6.07, 6.45) is 2.73. The Balaban J connectivity index is 1.80. The van der Waals surface area contributed by atoms with E-state index in [9.17, 15) is 9.59 Å². The van der Waals surface area contributed by atoms with Crippen LogP contribution in [0.5, 0.6) is 0 Å². The van der Waals surface area contributed by atoms with E-state index in [0.29, 0.717) is 29.6 Å². The Bertz CT molecular complexity index is 812. The quantitative estimate of drug-likeness (QED) is 0.844. The molecule has 0 spiro atoms. The van der Waals surface area contributed by atoms with Gasteiger partial charge in [0.25, 0.3) is 11.8 Å². The zero-order valence-corrected chi connectivity index (χ0v) is 15.8. The van der Waals surface area contributed by atoms with Crippen molar-refractivity contribution in [2.75, 3.05) is 0 Å². The monoisotopic (exact) mass is 374 g/mol. The normalized spacial score (nSPS) is 13.4. The molecule has 0 radical (unpaired) electrons. The number of hydrogen-bond donors (Lipinski definition) is 2. The summed E-state index contributed by atoms with van der Waals surface area (Å²) in [5.74, 6) is -0.167. The number of halogens is 1. The molecule has 0 bridgehead atoms. The van der Waals surface area contributed by atoms with Crippen LogP contribution in [0.3, 0.4) is 0 Å². The summed E-state index contributed by atoms with van der Waals surface area (Å²) in [6.45, 7) is 4.90. The van der Waals surface area contributed by atoms with Crippen LogP contribution in [0.1, 0.15) is 59.1 Å². The van der Waals surface area contributed by atoms with Crippen molar-refractivity contribution in [3.05, 3.63) is 52.1 Å². The minimum atomic E-state index is -0.255. The third kappa shape index (κ3) is 4.07. The van der Waals surface area contributed by atoms with Crippen molar-refractivity contribution in [1.82, 2.24) is 20.2 Å². The maximum atomic E-state index is 12.7. The number of carbonyl (C=O) groups is 2. The average Bonchev–Trinajstić information content (AvgIpc) is 3.00. The largest absolute Gasteiger partial charge is 0.347 e. The summed E-state index contributed by atoms with van der Waals surface area (Å²) in [7, 11) is 0. The van der Waals surface area contributed by atoms with Crippen LogP contribution < -0.4 is 10.6 Å². The molecular weight excluding hydrogens is 352 g/mol. The topological polar surface area (TPSA) is 76.0 Å². The highest BCUT2D eigenvalue weighted by atomic mass is 35.5. The van der Waals surface area contributed by atoms with Crippen molar-refractivity contribution < 1.29 is 9.59 Å². The second-order valence-electron chi connectivity index (χ2n) is 6.78. The molecule has 0 unspecified atom stereocenters. The van der Waals surface area contributed by atoms with E-state index in [0.717, 1.165) is 30.5 Å². The van der Waals surface area contributed by atoms with Gasteiger partial charge in [-0.1, -0.05) is 23.7 Å². The molecule has 2 amide bonds. The number of nitrogens with one attached hydrogen (secondary N) is 2. The molecule has 0 fully saturated rings. The Hall–Kier alpha value is -2.34. The first-order valence-electron chi connectivity index (χ1n) is 8.88. The number of aromatic nitrogens is 2. The Morgan fingerprint density at radius 1 is 1.19 bits per heavy atom. The maximum Gasteiger partial charge on any atom is 0.287 e. The van der Waals surface area contributed by atoms with Crippen LogP contribution in [0.15, 0.2) is 24.3 Å². The first-order valence-corrected chi connectivity index (χ1v) is 9.26. The predicted molar refractivity (Wildman–Crippen MR) is 100 cm³/mol. The summed E-state index contributed by atoms with van der Waals surface area (Å²) in [6, 6.07) is 7.33. The van der Waals surface area contributed by atoms with Crippen LogP contribution in [-0.4, -0.2) is 27.4 Å². The molecule has 0 saturated heterocycles. The first kappa shape index (κ1) is 18.5. The van der Waals surface area contributed by atoms with Gasteiger partial charge >= 0.3 is 0 Å². The molecule has 1 aromatic carbocycles. The molecule has 3 rings (SSSR count). The van der Waals surface area contributed by atoms with E-state index >= 15 is 0 Å². The lowest BCUT2D eigenvalue weighted by atomic mass is 10.1.